The zero-order valence-electron chi connectivity index (χ0n) is 14.0. The van der Waals surface area contributed by atoms with Gasteiger partial charge in [-0.1, -0.05) is 41.4 Å². The van der Waals surface area contributed by atoms with E-state index in [1.807, 2.05) is 24.3 Å². The fraction of sp³-hybridized carbons (Fsp3) is 0.158. The number of fused-ring (bicyclic) bond motifs is 1. The molecule has 6 nitrogen and oxygen atoms in total. The van der Waals surface area contributed by atoms with Crippen molar-refractivity contribution in [3.05, 3.63) is 64.3 Å². The van der Waals surface area contributed by atoms with Crippen LogP contribution < -0.4 is 10.1 Å². The molecule has 1 heterocycles. The molecular weight excluding hydrogens is 391 g/mol. The van der Waals surface area contributed by atoms with Gasteiger partial charge in [0.25, 0.3) is 5.91 Å². The van der Waals surface area contributed by atoms with Crippen molar-refractivity contribution in [2.45, 2.75) is 12.5 Å². The van der Waals surface area contributed by atoms with E-state index in [9.17, 15) is 14.7 Å². The molecule has 3 rings (SSSR count). The number of carboxylic acid groups (broad SMARTS) is 1. The Hall–Kier alpha value is -2.70. The predicted octanol–water partition coefficient (Wildman–Crippen LogP) is 3.67. The molecule has 0 bridgehead atoms. The molecule has 8 heteroatoms. The Morgan fingerprint density at radius 1 is 1.19 bits per heavy atom. The van der Waals surface area contributed by atoms with Crippen molar-refractivity contribution in [2.75, 3.05) is 6.61 Å². The number of rotatable bonds is 7. The first kappa shape index (κ1) is 19.1. The lowest BCUT2D eigenvalue weighted by Gasteiger charge is -2.15. The van der Waals surface area contributed by atoms with Gasteiger partial charge < -0.3 is 20.1 Å². The van der Waals surface area contributed by atoms with Gasteiger partial charge in [-0.2, -0.15) is 0 Å². The Morgan fingerprint density at radius 3 is 2.74 bits per heavy atom. The zero-order valence-corrected chi connectivity index (χ0v) is 15.6. The first-order chi connectivity index (χ1) is 12.9. The van der Waals surface area contributed by atoms with Gasteiger partial charge >= 0.3 is 5.97 Å². The average molecular weight is 407 g/mol. The monoisotopic (exact) mass is 406 g/mol. The van der Waals surface area contributed by atoms with Gasteiger partial charge in [0, 0.05) is 34.6 Å². The number of carbonyl (C=O) groups is 2. The molecule has 3 aromatic rings. The van der Waals surface area contributed by atoms with Crippen LogP contribution in [0.1, 0.15) is 5.56 Å². The number of aromatic nitrogens is 1. The van der Waals surface area contributed by atoms with Crippen molar-refractivity contribution in [1.29, 1.82) is 0 Å². The molecule has 0 aliphatic heterocycles. The predicted molar refractivity (Wildman–Crippen MR) is 104 cm³/mol. The van der Waals surface area contributed by atoms with Crippen LogP contribution in [0.25, 0.3) is 10.9 Å². The van der Waals surface area contributed by atoms with Crippen LogP contribution in [0.3, 0.4) is 0 Å². The number of H-pyrrole nitrogens is 1. The number of halogens is 2. The molecule has 0 fully saturated rings. The number of ether oxygens (including phenoxy) is 1. The topological polar surface area (TPSA) is 91.4 Å². The van der Waals surface area contributed by atoms with Crippen LogP contribution >= 0.6 is 23.2 Å². The van der Waals surface area contributed by atoms with Gasteiger partial charge in [0.2, 0.25) is 0 Å². The van der Waals surface area contributed by atoms with E-state index in [0.29, 0.717) is 10.0 Å². The Morgan fingerprint density at radius 2 is 1.96 bits per heavy atom. The first-order valence-electron chi connectivity index (χ1n) is 8.09. The molecule has 1 aromatic heterocycles. The normalized spacial score (nSPS) is 11.9. The molecule has 2 aromatic carbocycles. The molecule has 1 atom stereocenters. The standard InChI is InChI=1S/C19H16Cl2N2O4/c20-12-5-6-14(21)17(8-12)27-10-18(24)23-16(19(25)26)7-11-9-22-15-4-2-1-3-13(11)15/h1-6,8-9,16,22H,7,10H2,(H,23,24)(H,25,26)/t16-/m1/s1. The Kier molecular flexibility index (Phi) is 5.88. The van der Waals surface area contributed by atoms with Crippen LogP contribution in [-0.4, -0.2) is 34.6 Å². The molecule has 3 N–H and O–H groups in total. The third-order valence-electron chi connectivity index (χ3n) is 3.98. The lowest BCUT2D eigenvalue weighted by molar-refractivity contribution is -0.142. The molecule has 0 spiro atoms. The largest absolute Gasteiger partial charge is 0.482 e. The number of aromatic amines is 1. The van der Waals surface area contributed by atoms with Gasteiger partial charge in [0.1, 0.15) is 11.8 Å². The number of benzene rings is 2. The number of carbonyl (C=O) groups excluding carboxylic acids is 1. The highest BCUT2D eigenvalue weighted by Crippen LogP contribution is 2.27. The van der Waals surface area contributed by atoms with E-state index >= 15 is 0 Å². The summed E-state index contributed by atoms with van der Waals surface area (Å²) >= 11 is 11.8. The molecule has 0 unspecified atom stereocenters. The van der Waals surface area contributed by atoms with Crippen LogP contribution in [0.4, 0.5) is 0 Å². The maximum Gasteiger partial charge on any atom is 0.326 e. The Bertz CT molecular complexity index is 987. The maximum atomic E-state index is 12.1. The van der Waals surface area contributed by atoms with Gasteiger partial charge in [-0.15, -0.1) is 0 Å². The summed E-state index contributed by atoms with van der Waals surface area (Å²) in [5, 5.41) is 13.6. The van der Waals surface area contributed by atoms with Crippen molar-refractivity contribution in [1.82, 2.24) is 10.3 Å². The van der Waals surface area contributed by atoms with E-state index in [4.69, 9.17) is 27.9 Å². The summed E-state index contributed by atoms with van der Waals surface area (Å²) in [4.78, 5) is 26.8. The molecule has 0 saturated heterocycles. The second kappa shape index (κ2) is 8.33. The second-order valence-electron chi connectivity index (χ2n) is 5.89. The van der Waals surface area contributed by atoms with Crippen molar-refractivity contribution < 1.29 is 19.4 Å². The van der Waals surface area contributed by atoms with Gasteiger partial charge in [-0.05, 0) is 23.8 Å². The fourth-order valence-electron chi connectivity index (χ4n) is 2.69. The number of aliphatic carboxylic acids is 1. The van der Waals surface area contributed by atoms with E-state index in [2.05, 4.69) is 10.3 Å². The van der Waals surface area contributed by atoms with E-state index < -0.39 is 17.9 Å². The summed E-state index contributed by atoms with van der Waals surface area (Å²) in [5.74, 6) is -1.45. The first-order valence-corrected chi connectivity index (χ1v) is 8.84. The SMILES string of the molecule is O=C(COc1cc(Cl)ccc1Cl)N[C@H](Cc1c[nH]c2ccccc12)C(=O)O. The van der Waals surface area contributed by atoms with Gasteiger partial charge in [0.15, 0.2) is 6.61 Å². The van der Waals surface area contributed by atoms with Crippen molar-refractivity contribution in [3.8, 4) is 5.75 Å². The lowest BCUT2D eigenvalue weighted by atomic mass is 10.1. The minimum atomic E-state index is -1.13. The number of hydrogen-bond acceptors (Lipinski definition) is 3. The van der Waals surface area contributed by atoms with Crippen LogP contribution in [0, 0.1) is 0 Å². The van der Waals surface area contributed by atoms with Crippen molar-refractivity contribution >= 4 is 46.0 Å². The summed E-state index contributed by atoms with van der Waals surface area (Å²) in [6.07, 6.45) is 1.89. The van der Waals surface area contributed by atoms with Gasteiger partial charge in [-0.25, -0.2) is 4.79 Å². The molecule has 0 aliphatic rings. The van der Waals surface area contributed by atoms with Crippen molar-refractivity contribution in [2.24, 2.45) is 0 Å². The van der Waals surface area contributed by atoms with Crippen LogP contribution in [0.15, 0.2) is 48.7 Å². The third kappa shape index (κ3) is 4.72. The molecule has 0 saturated carbocycles. The van der Waals surface area contributed by atoms with Crippen LogP contribution in [0.5, 0.6) is 5.75 Å². The highest BCUT2D eigenvalue weighted by atomic mass is 35.5. The summed E-state index contributed by atoms with van der Waals surface area (Å²) in [7, 11) is 0. The number of hydrogen-bond donors (Lipinski definition) is 3. The van der Waals surface area contributed by atoms with E-state index in [1.165, 1.54) is 6.07 Å². The minimum absolute atomic E-state index is 0.142. The number of nitrogens with one attached hydrogen (secondary N) is 2. The molecule has 1 amide bonds. The zero-order chi connectivity index (χ0) is 19.4. The quantitative estimate of drug-likeness (QED) is 0.558. The highest BCUT2D eigenvalue weighted by molar-refractivity contribution is 6.34. The molecule has 140 valence electrons. The molecular formula is C19H16Cl2N2O4. The van der Waals surface area contributed by atoms with Gasteiger partial charge in [-0.3, -0.25) is 4.79 Å². The second-order valence-corrected chi connectivity index (χ2v) is 6.73. The molecule has 0 radical (unpaired) electrons. The molecule has 27 heavy (non-hydrogen) atoms. The fourth-order valence-corrected chi connectivity index (χ4v) is 3.02. The Balaban J connectivity index is 1.64. The minimum Gasteiger partial charge on any atom is -0.482 e. The summed E-state index contributed by atoms with van der Waals surface area (Å²) in [6.45, 7) is -0.377. The summed E-state index contributed by atoms with van der Waals surface area (Å²) in [6, 6.07) is 11.1. The highest BCUT2D eigenvalue weighted by Gasteiger charge is 2.22. The van der Waals surface area contributed by atoms with Gasteiger partial charge in [0.05, 0.1) is 5.02 Å². The van der Waals surface area contributed by atoms with Crippen LogP contribution in [-0.2, 0) is 16.0 Å². The van der Waals surface area contributed by atoms with Crippen LogP contribution in [0.2, 0.25) is 10.0 Å². The smallest absolute Gasteiger partial charge is 0.326 e. The average Bonchev–Trinajstić information content (AvgIpc) is 3.05. The van der Waals surface area contributed by atoms with E-state index in [0.717, 1.165) is 16.5 Å². The number of carboxylic acids is 1. The van der Waals surface area contributed by atoms with E-state index in [-0.39, 0.29) is 18.8 Å². The van der Waals surface area contributed by atoms with E-state index in [1.54, 1.807) is 18.3 Å². The maximum absolute atomic E-state index is 12.1. The molecule has 0 aliphatic carbocycles. The van der Waals surface area contributed by atoms with Crippen molar-refractivity contribution in [3.63, 3.8) is 0 Å². The third-order valence-corrected chi connectivity index (χ3v) is 4.53. The number of amides is 1. The lowest BCUT2D eigenvalue weighted by Crippen LogP contribution is -2.44. The summed E-state index contributed by atoms with van der Waals surface area (Å²) in [5.41, 5.74) is 1.71. The number of para-hydroxylation sites is 1. The summed E-state index contributed by atoms with van der Waals surface area (Å²) < 4.78 is 5.34. The Labute approximate surface area is 165 Å².